The van der Waals surface area contributed by atoms with Crippen molar-refractivity contribution in [2.45, 2.75) is 6.92 Å². The molecule has 30 heavy (non-hydrogen) atoms. The van der Waals surface area contributed by atoms with Gasteiger partial charge in [0.05, 0.1) is 11.4 Å². The Kier molecular flexibility index (Phi) is 8.13. The van der Waals surface area contributed by atoms with Gasteiger partial charge in [0.2, 0.25) is 5.13 Å². The Morgan fingerprint density at radius 1 is 0.833 bits per heavy atom. The molecule has 0 radical (unpaired) electrons. The molecule has 4 N–H and O–H groups in total. The second-order valence-electron chi connectivity index (χ2n) is 5.96. The lowest BCUT2D eigenvalue weighted by atomic mass is 10.2. The molecular formula is C22H22N6S2. The van der Waals surface area contributed by atoms with E-state index in [0.717, 1.165) is 22.1 Å². The van der Waals surface area contributed by atoms with Gasteiger partial charge in [0, 0.05) is 22.0 Å². The Balaban J connectivity index is 0.000000172. The molecule has 0 fully saturated rings. The van der Waals surface area contributed by atoms with Gasteiger partial charge >= 0.3 is 0 Å². The Hall–Kier alpha value is -3.49. The van der Waals surface area contributed by atoms with E-state index in [1.54, 1.807) is 17.5 Å². The molecule has 0 bridgehead atoms. The van der Waals surface area contributed by atoms with E-state index >= 15 is 0 Å². The lowest BCUT2D eigenvalue weighted by molar-refractivity contribution is 1.27. The van der Waals surface area contributed by atoms with Crippen molar-refractivity contribution in [2.24, 2.45) is 15.9 Å². The maximum Gasteiger partial charge on any atom is 0.203 e. The molecule has 0 aliphatic carbocycles. The largest absolute Gasteiger partial charge is 0.382 e. The van der Waals surface area contributed by atoms with E-state index in [2.05, 4.69) is 26.0 Å². The van der Waals surface area contributed by atoms with Crippen molar-refractivity contribution < 1.29 is 0 Å². The molecule has 0 aliphatic rings. The van der Waals surface area contributed by atoms with Gasteiger partial charge in [0.1, 0.15) is 0 Å². The topological polar surface area (TPSA) is 87.7 Å². The summed E-state index contributed by atoms with van der Waals surface area (Å²) in [5.41, 5.74) is 14.5. The van der Waals surface area contributed by atoms with E-state index in [0.29, 0.717) is 5.84 Å². The Morgan fingerprint density at radius 3 is 2.20 bits per heavy atom. The van der Waals surface area contributed by atoms with Crippen LogP contribution < -0.4 is 16.6 Å². The summed E-state index contributed by atoms with van der Waals surface area (Å²) < 4.78 is 0. The van der Waals surface area contributed by atoms with Crippen LogP contribution in [0.5, 0.6) is 0 Å². The average Bonchev–Trinajstić information content (AvgIpc) is 3.52. The van der Waals surface area contributed by atoms with Crippen LogP contribution in [-0.4, -0.2) is 16.5 Å². The van der Waals surface area contributed by atoms with Crippen LogP contribution in [0.1, 0.15) is 17.4 Å². The summed E-state index contributed by atoms with van der Waals surface area (Å²) in [6, 6.07) is 23.4. The van der Waals surface area contributed by atoms with Crippen molar-refractivity contribution in [1.82, 2.24) is 4.98 Å². The van der Waals surface area contributed by atoms with Gasteiger partial charge in [-0.2, -0.15) is 10.2 Å². The third-order valence-corrected chi connectivity index (χ3v) is 5.43. The molecule has 0 saturated heterocycles. The summed E-state index contributed by atoms with van der Waals surface area (Å²) in [5, 5.41) is 13.1. The Labute approximate surface area is 183 Å². The van der Waals surface area contributed by atoms with Crippen LogP contribution in [0, 0.1) is 0 Å². The van der Waals surface area contributed by atoms with Crippen molar-refractivity contribution in [3.63, 3.8) is 0 Å². The first-order valence-corrected chi connectivity index (χ1v) is 10.9. The molecular weight excluding hydrogens is 412 g/mol. The van der Waals surface area contributed by atoms with E-state index < -0.39 is 0 Å². The SMILES string of the molecule is C/C(=N\Nc1nccs1)c1cccs1.N/C(=N\Nc1ccccc1)c1ccccc1. The minimum absolute atomic E-state index is 0.476. The minimum Gasteiger partial charge on any atom is -0.382 e. The first-order valence-electron chi connectivity index (χ1n) is 9.15. The number of thiophene rings is 1. The smallest absolute Gasteiger partial charge is 0.203 e. The average molecular weight is 435 g/mol. The maximum atomic E-state index is 5.83. The van der Waals surface area contributed by atoms with E-state index in [-0.39, 0.29) is 0 Å². The molecule has 0 amide bonds. The number of anilines is 2. The highest BCUT2D eigenvalue weighted by Gasteiger charge is 1.98. The number of nitrogens with two attached hydrogens (primary N) is 1. The summed E-state index contributed by atoms with van der Waals surface area (Å²) >= 11 is 3.22. The third-order valence-electron chi connectivity index (χ3n) is 3.78. The van der Waals surface area contributed by atoms with Crippen LogP contribution >= 0.6 is 22.7 Å². The summed E-state index contributed by atoms with van der Waals surface area (Å²) in [6.07, 6.45) is 1.75. The van der Waals surface area contributed by atoms with Crippen molar-refractivity contribution in [3.8, 4) is 0 Å². The van der Waals surface area contributed by atoms with E-state index in [1.165, 1.54) is 16.2 Å². The lowest BCUT2D eigenvalue weighted by Gasteiger charge is -2.02. The van der Waals surface area contributed by atoms with Crippen LogP contribution in [0.25, 0.3) is 0 Å². The van der Waals surface area contributed by atoms with Gasteiger partial charge in [-0.3, -0.25) is 10.9 Å². The van der Waals surface area contributed by atoms with E-state index in [1.807, 2.05) is 90.5 Å². The second-order valence-corrected chi connectivity index (χ2v) is 7.81. The Morgan fingerprint density at radius 2 is 1.57 bits per heavy atom. The van der Waals surface area contributed by atoms with Crippen LogP contribution in [0.2, 0.25) is 0 Å². The Bertz CT molecular complexity index is 1040. The van der Waals surface area contributed by atoms with E-state index in [9.17, 15) is 0 Å². The molecule has 2 heterocycles. The maximum absolute atomic E-state index is 5.83. The van der Waals surface area contributed by atoms with Gasteiger partial charge in [-0.05, 0) is 30.5 Å². The van der Waals surface area contributed by atoms with Gasteiger partial charge in [-0.15, -0.1) is 22.7 Å². The number of nitrogens with zero attached hydrogens (tertiary/aromatic N) is 3. The molecule has 8 heteroatoms. The van der Waals surface area contributed by atoms with Gasteiger partial charge in [-0.1, -0.05) is 54.6 Å². The zero-order valence-corrected chi connectivity index (χ0v) is 18.0. The molecule has 0 saturated carbocycles. The molecule has 0 atom stereocenters. The molecule has 2 aromatic carbocycles. The summed E-state index contributed by atoms with van der Waals surface area (Å²) in [6.45, 7) is 1.98. The van der Waals surface area contributed by atoms with Crippen LogP contribution in [0.15, 0.2) is 100.0 Å². The predicted molar refractivity (Wildman–Crippen MR) is 129 cm³/mol. The highest BCUT2D eigenvalue weighted by molar-refractivity contribution is 7.13. The predicted octanol–water partition coefficient (Wildman–Crippen LogP) is 5.46. The van der Waals surface area contributed by atoms with Crippen LogP contribution in [0.4, 0.5) is 10.8 Å². The first kappa shape index (κ1) is 21.2. The zero-order valence-electron chi connectivity index (χ0n) is 16.4. The number of hydrogen-bond acceptors (Lipinski definition) is 7. The second kappa shape index (κ2) is 11.5. The summed E-state index contributed by atoms with van der Waals surface area (Å²) in [7, 11) is 0. The molecule has 2 aromatic heterocycles. The normalized spacial score (nSPS) is 11.4. The summed E-state index contributed by atoms with van der Waals surface area (Å²) in [5.74, 6) is 0.476. The molecule has 4 rings (SSSR count). The lowest BCUT2D eigenvalue weighted by Crippen LogP contribution is -2.15. The van der Waals surface area contributed by atoms with Crippen LogP contribution in [-0.2, 0) is 0 Å². The fourth-order valence-electron chi connectivity index (χ4n) is 2.26. The zero-order chi connectivity index (χ0) is 21.0. The minimum atomic E-state index is 0.476. The van der Waals surface area contributed by atoms with Gasteiger partial charge in [0.25, 0.3) is 0 Å². The van der Waals surface area contributed by atoms with Crippen molar-refractivity contribution in [2.75, 3.05) is 10.9 Å². The number of hydrazone groups is 2. The molecule has 4 aromatic rings. The number of hydrogen-bond donors (Lipinski definition) is 3. The van der Waals surface area contributed by atoms with E-state index in [4.69, 9.17) is 5.73 Å². The number of benzene rings is 2. The highest BCUT2D eigenvalue weighted by Crippen LogP contribution is 2.13. The van der Waals surface area contributed by atoms with Crippen LogP contribution in [0.3, 0.4) is 0 Å². The molecule has 0 spiro atoms. The van der Waals surface area contributed by atoms with Gasteiger partial charge < -0.3 is 5.73 Å². The number of amidine groups is 1. The van der Waals surface area contributed by atoms with Gasteiger partial charge in [0.15, 0.2) is 5.84 Å². The van der Waals surface area contributed by atoms with Crippen molar-refractivity contribution in [1.29, 1.82) is 0 Å². The molecule has 0 unspecified atom stereocenters. The first-order chi connectivity index (χ1) is 14.7. The molecule has 152 valence electrons. The fraction of sp³-hybridized carbons (Fsp3) is 0.0455. The number of rotatable bonds is 6. The summed E-state index contributed by atoms with van der Waals surface area (Å²) in [4.78, 5) is 5.25. The highest BCUT2D eigenvalue weighted by atomic mass is 32.1. The number of para-hydroxylation sites is 1. The quantitative estimate of drug-likeness (QED) is 0.214. The monoisotopic (exact) mass is 434 g/mol. The molecule has 0 aliphatic heterocycles. The number of thiazole rings is 1. The number of aromatic nitrogens is 1. The fourth-order valence-corrected chi connectivity index (χ4v) is 3.41. The van der Waals surface area contributed by atoms with Gasteiger partial charge in [-0.25, -0.2) is 4.98 Å². The van der Waals surface area contributed by atoms with Crippen molar-refractivity contribution in [3.05, 3.63) is 100 Å². The third kappa shape index (κ3) is 6.84. The number of nitrogens with one attached hydrogen (secondary N) is 2. The van der Waals surface area contributed by atoms with Crippen molar-refractivity contribution >= 4 is 45.0 Å². The standard InChI is InChI=1S/C13H13N3.C9H9N3S2/c14-13(11-7-3-1-4-8-11)16-15-12-9-5-2-6-10-12;1-7(8-3-2-5-13-8)11-12-9-10-4-6-14-9/h1-10,15H,(H2,14,16);2-6H,1H3,(H,10,12)/b;11-7+. The molecule has 6 nitrogen and oxygen atoms in total.